The number of carboxylic acids is 1. The number of aliphatic carboxylic acids is 1. The van der Waals surface area contributed by atoms with Gasteiger partial charge in [0, 0.05) is 63.5 Å². The molecule has 2 saturated heterocycles. The van der Waals surface area contributed by atoms with E-state index in [-0.39, 0.29) is 40.0 Å². The van der Waals surface area contributed by atoms with Crippen molar-refractivity contribution < 1.29 is 31.9 Å². The van der Waals surface area contributed by atoms with Gasteiger partial charge in [-0.2, -0.15) is 17.6 Å². The van der Waals surface area contributed by atoms with Gasteiger partial charge in [0.25, 0.3) is 0 Å². The van der Waals surface area contributed by atoms with Gasteiger partial charge in [-0.05, 0) is 39.1 Å². The second kappa shape index (κ2) is 12.4. The Balaban J connectivity index is 1.45. The van der Waals surface area contributed by atoms with Gasteiger partial charge in [-0.15, -0.1) is 0 Å². The maximum Gasteiger partial charge on any atom is 0.416 e. The molecule has 0 radical (unpaired) electrons. The van der Waals surface area contributed by atoms with Crippen LogP contribution in [0.15, 0.2) is 24.5 Å². The predicted octanol–water partition coefficient (Wildman–Crippen LogP) is 4.77. The molecule has 1 aromatic carbocycles. The van der Waals surface area contributed by atoms with E-state index in [0.29, 0.717) is 63.4 Å². The van der Waals surface area contributed by atoms with Crippen LogP contribution in [0.5, 0.6) is 0 Å². The van der Waals surface area contributed by atoms with Crippen molar-refractivity contribution in [2.45, 2.75) is 32.0 Å². The first-order valence-electron chi connectivity index (χ1n) is 14.0. The highest BCUT2D eigenvalue weighted by Crippen LogP contribution is 2.43. The van der Waals surface area contributed by atoms with E-state index in [0.717, 1.165) is 23.5 Å². The van der Waals surface area contributed by atoms with E-state index in [1.165, 1.54) is 6.33 Å². The molecule has 0 aliphatic carbocycles. The minimum absolute atomic E-state index is 0.0203. The molecule has 2 N–H and O–H groups in total. The zero-order valence-corrected chi connectivity index (χ0v) is 25.3. The molecule has 44 heavy (non-hydrogen) atoms. The van der Waals surface area contributed by atoms with Crippen LogP contribution in [0.25, 0.3) is 11.3 Å². The first-order chi connectivity index (χ1) is 20.7. The number of nitrogens with zero attached hydrogens (tertiary/aromatic N) is 7. The van der Waals surface area contributed by atoms with Crippen molar-refractivity contribution in [2.24, 2.45) is 0 Å². The minimum atomic E-state index is -4.76. The van der Waals surface area contributed by atoms with E-state index in [1.54, 1.807) is 4.90 Å². The quantitative estimate of drug-likeness (QED) is 0.335. The van der Waals surface area contributed by atoms with Crippen LogP contribution < -0.4 is 15.1 Å². The molecule has 2 aliphatic rings. The highest BCUT2D eigenvalue weighted by molar-refractivity contribution is 7.20. The summed E-state index contributed by atoms with van der Waals surface area (Å²) >= 11 is 1.12. The van der Waals surface area contributed by atoms with Gasteiger partial charge in [0.2, 0.25) is 5.82 Å². The number of hydrogen-bond donors (Lipinski definition) is 2. The lowest BCUT2D eigenvalue weighted by Gasteiger charge is -2.45. The number of benzene rings is 1. The number of rotatable bonds is 8. The van der Waals surface area contributed by atoms with E-state index >= 15 is 4.39 Å². The van der Waals surface area contributed by atoms with Crippen molar-refractivity contribution in [1.82, 2.24) is 24.8 Å². The molecule has 0 unspecified atom stereocenters. The van der Waals surface area contributed by atoms with E-state index in [4.69, 9.17) is 5.11 Å². The summed E-state index contributed by atoms with van der Waals surface area (Å²) in [5.41, 5.74) is -1.29. The number of thiazole rings is 1. The number of piperazine rings is 2. The fourth-order valence-corrected chi connectivity index (χ4v) is 6.29. The zero-order valence-electron chi connectivity index (χ0n) is 24.5. The maximum atomic E-state index is 15.7. The molecule has 0 saturated carbocycles. The van der Waals surface area contributed by atoms with Gasteiger partial charge in [-0.1, -0.05) is 11.3 Å². The molecule has 16 heteroatoms. The molecule has 2 aliphatic heterocycles. The van der Waals surface area contributed by atoms with Gasteiger partial charge in [-0.25, -0.2) is 19.3 Å². The highest BCUT2D eigenvalue weighted by Gasteiger charge is 2.35. The zero-order chi connectivity index (χ0) is 31.8. The lowest BCUT2D eigenvalue weighted by molar-refractivity contribution is -0.138. The molecular formula is C28H33F5N8O2S. The monoisotopic (exact) mass is 640 g/mol. The Labute approximate surface area is 255 Å². The molecule has 5 rings (SSSR count). The van der Waals surface area contributed by atoms with Crippen LogP contribution >= 0.6 is 11.3 Å². The van der Waals surface area contributed by atoms with E-state index < -0.39 is 29.3 Å². The summed E-state index contributed by atoms with van der Waals surface area (Å²) in [7, 11) is 1.99. The summed E-state index contributed by atoms with van der Waals surface area (Å²) in [4.78, 5) is 31.5. The molecule has 10 nitrogen and oxygen atoms in total. The van der Waals surface area contributed by atoms with Crippen LogP contribution in [0.4, 0.5) is 43.7 Å². The van der Waals surface area contributed by atoms with Crippen LogP contribution in [0.1, 0.15) is 25.8 Å². The Kier molecular flexibility index (Phi) is 8.96. The number of likely N-dealkylation sites (N-methyl/N-ethyl adjacent to an activating group) is 1. The van der Waals surface area contributed by atoms with E-state index in [2.05, 4.69) is 25.2 Å². The average molecular weight is 641 g/mol. The third kappa shape index (κ3) is 7.02. The smallest absolute Gasteiger partial charge is 0.416 e. The van der Waals surface area contributed by atoms with Crippen molar-refractivity contribution in [3.63, 3.8) is 0 Å². The van der Waals surface area contributed by atoms with Crippen LogP contribution in [-0.4, -0.2) is 101 Å². The second-order valence-corrected chi connectivity index (χ2v) is 12.5. The number of alkyl halides is 3. The number of anilines is 4. The number of aromatic nitrogens is 3. The van der Waals surface area contributed by atoms with Gasteiger partial charge in [-0.3, -0.25) is 14.6 Å². The predicted molar refractivity (Wildman–Crippen MR) is 158 cm³/mol. The van der Waals surface area contributed by atoms with Gasteiger partial charge in [0.1, 0.15) is 22.8 Å². The molecule has 4 heterocycles. The Hall–Kier alpha value is -3.63. The van der Waals surface area contributed by atoms with Gasteiger partial charge < -0.3 is 20.2 Å². The lowest BCUT2D eigenvalue weighted by atomic mass is 9.99. The Morgan fingerprint density at radius 2 is 1.75 bits per heavy atom. The summed E-state index contributed by atoms with van der Waals surface area (Å²) in [6.07, 6.45) is -3.53. The van der Waals surface area contributed by atoms with Crippen LogP contribution in [-0.2, 0) is 11.0 Å². The van der Waals surface area contributed by atoms with Gasteiger partial charge in [0.05, 0.1) is 12.0 Å². The molecule has 0 spiro atoms. The third-order valence-electron chi connectivity index (χ3n) is 8.02. The molecule has 0 bridgehead atoms. The van der Waals surface area contributed by atoms with E-state index in [1.807, 2.05) is 30.7 Å². The Morgan fingerprint density at radius 3 is 2.41 bits per heavy atom. The van der Waals surface area contributed by atoms with Crippen molar-refractivity contribution in [1.29, 1.82) is 0 Å². The normalized spacial score (nSPS) is 18.1. The van der Waals surface area contributed by atoms with Crippen molar-refractivity contribution in [3.8, 4) is 11.3 Å². The average Bonchev–Trinajstić information content (AvgIpc) is 3.38. The fraction of sp³-hybridized carbons (Fsp3) is 0.500. The Bertz CT molecular complexity index is 1510. The fourth-order valence-electron chi connectivity index (χ4n) is 5.28. The molecule has 2 aromatic heterocycles. The molecule has 0 atom stereocenters. The van der Waals surface area contributed by atoms with E-state index in [9.17, 15) is 22.4 Å². The third-order valence-corrected chi connectivity index (χ3v) is 9.05. The molecule has 3 aromatic rings. The lowest BCUT2D eigenvalue weighted by Crippen LogP contribution is -2.57. The first kappa shape index (κ1) is 31.8. The van der Waals surface area contributed by atoms with Crippen LogP contribution in [0.3, 0.4) is 0 Å². The summed E-state index contributed by atoms with van der Waals surface area (Å²) < 4.78 is 70.9. The van der Waals surface area contributed by atoms with Crippen molar-refractivity contribution in [3.05, 3.63) is 41.7 Å². The highest BCUT2D eigenvalue weighted by atomic mass is 32.1. The number of carbonyl (C=O) groups is 1. The van der Waals surface area contributed by atoms with Crippen molar-refractivity contribution in [2.75, 3.05) is 74.5 Å². The topological polar surface area (TPSA) is 101 Å². The minimum Gasteiger partial charge on any atom is -0.481 e. The number of carboxylic acid groups (broad SMARTS) is 1. The van der Waals surface area contributed by atoms with Gasteiger partial charge >= 0.3 is 12.1 Å². The van der Waals surface area contributed by atoms with Gasteiger partial charge in [0.15, 0.2) is 16.8 Å². The Morgan fingerprint density at radius 1 is 1.05 bits per heavy atom. The molecule has 238 valence electrons. The maximum absolute atomic E-state index is 15.7. The van der Waals surface area contributed by atoms with Crippen molar-refractivity contribution >= 4 is 39.1 Å². The largest absolute Gasteiger partial charge is 0.481 e. The summed E-state index contributed by atoms with van der Waals surface area (Å²) in [5.74, 6) is -2.75. The molecule has 0 amide bonds. The SMILES string of the molecule is CN1CCN(c2sc(Nc3ncnc(N4CCN(CCC(=O)O)CC4)c3F)nc2-c2cc(F)cc(C(F)(F)F)c2)CC1(C)C. The van der Waals surface area contributed by atoms with Crippen LogP contribution in [0, 0.1) is 11.6 Å². The second-order valence-electron chi connectivity index (χ2n) is 11.5. The first-order valence-corrected chi connectivity index (χ1v) is 14.8. The number of halogens is 5. The number of hydrogen-bond acceptors (Lipinski definition) is 10. The molecule has 2 fully saturated rings. The summed E-state index contributed by atoms with van der Waals surface area (Å²) in [6.45, 7) is 8.19. The summed E-state index contributed by atoms with van der Waals surface area (Å²) in [6, 6.07) is 2.32. The molecular weight excluding hydrogens is 607 g/mol. The van der Waals surface area contributed by atoms with Crippen LogP contribution in [0.2, 0.25) is 0 Å². The summed E-state index contributed by atoms with van der Waals surface area (Å²) in [5, 5.41) is 12.5. The standard InChI is InChI=1S/C28H33F5N8O2S/c1-27(2)15-41(9-6-38(27)3)25-22(17-12-18(28(31,32)33)14-19(29)13-17)36-26(44-25)37-23-21(30)24(35-16-34-23)40-10-7-39(8-11-40)5-4-20(42)43/h12-14,16H,4-11,15H2,1-3H3,(H,42,43)(H,34,35,36,37). The number of nitrogens with one attached hydrogen (secondary N) is 1.